The van der Waals surface area contributed by atoms with E-state index >= 15 is 0 Å². The number of aliphatic hydroxyl groups is 1. The quantitative estimate of drug-likeness (QED) is 0.285. The Hall–Kier alpha value is -1.94. The lowest BCUT2D eigenvalue weighted by molar-refractivity contribution is 0.00172. The zero-order chi connectivity index (χ0) is 21.7. The predicted molar refractivity (Wildman–Crippen MR) is 116 cm³/mol. The molecule has 2 aromatic rings. The van der Waals surface area contributed by atoms with Gasteiger partial charge in [0.05, 0.1) is 17.9 Å². The van der Waals surface area contributed by atoms with Gasteiger partial charge in [0, 0.05) is 16.0 Å². The van der Waals surface area contributed by atoms with E-state index in [1.165, 1.54) is 24.3 Å². The van der Waals surface area contributed by atoms with E-state index in [1.807, 2.05) is 22.6 Å². The highest BCUT2D eigenvalue weighted by atomic mass is 127. The Labute approximate surface area is 185 Å². The van der Waals surface area contributed by atoms with E-state index in [9.17, 15) is 23.1 Å². The number of isocyanates is 1. The number of nitrogens with zero attached hydrogens (tertiary/aromatic N) is 1. The second-order valence-electron chi connectivity index (χ2n) is 7.34. The molecule has 1 unspecified atom stereocenters. The maximum Gasteiger partial charge on any atom is 0.235 e. The van der Waals surface area contributed by atoms with Gasteiger partial charge in [0.1, 0.15) is 11.4 Å². The number of aliphatic imine (C=N–C) groups is 1. The Morgan fingerprint density at radius 2 is 2.03 bits per heavy atom. The second-order valence-corrected chi connectivity index (χ2v) is 8.58. The molecule has 9 heteroatoms. The van der Waals surface area contributed by atoms with E-state index in [2.05, 4.69) is 15.6 Å². The molecule has 3 N–H and O–H groups in total. The third kappa shape index (κ3) is 5.21. The van der Waals surface area contributed by atoms with Gasteiger partial charge in [0.2, 0.25) is 6.08 Å². The van der Waals surface area contributed by atoms with Crippen molar-refractivity contribution in [2.45, 2.75) is 37.3 Å². The molecule has 0 saturated carbocycles. The molecular formula is C21H21F3IN3O2. The van der Waals surface area contributed by atoms with Crippen molar-refractivity contribution >= 4 is 40.0 Å². The van der Waals surface area contributed by atoms with Crippen LogP contribution in [0.25, 0.3) is 0 Å². The van der Waals surface area contributed by atoms with E-state index in [1.54, 1.807) is 6.07 Å². The first kappa shape index (κ1) is 22.7. The lowest BCUT2D eigenvalue weighted by Gasteiger charge is -2.38. The van der Waals surface area contributed by atoms with Crippen LogP contribution in [0.15, 0.2) is 35.3 Å². The Balaban J connectivity index is 1.99. The van der Waals surface area contributed by atoms with Gasteiger partial charge in [-0.05, 0) is 71.8 Å². The molecular weight excluding hydrogens is 510 g/mol. The summed E-state index contributed by atoms with van der Waals surface area (Å²) in [6.45, 7) is 0.443. The van der Waals surface area contributed by atoms with Gasteiger partial charge in [0.25, 0.3) is 0 Å². The fraction of sp³-hybridized carbons (Fsp3) is 0.381. The molecule has 1 saturated heterocycles. The zero-order valence-corrected chi connectivity index (χ0v) is 18.2. The summed E-state index contributed by atoms with van der Waals surface area (Å²) in [7, 11) is 0. The molecule has 1 heterocycles. The molecule has 1 fully saturated rings. The van der Waals surface area contributed by atoms with E-state index in [0.29, 0.717) is 16.5 Å². The average Bonchev–Trinajstić information content (AvgIpc) is 2.74. The summed E-state index contributed by atoms with van der Waals surface area (Å²) < 4.78 is 43.6. The minimum absolute atomic E-state index is 0.0218. The highest BCUT2D eigenvalue weighted by molar-refractivity contribution is 14.1. The Morgan fingerprint density at radius 1 is 1.23 bits per heavy atom. The average molecular weight is 531 g/mol. The number of nitrogens with one attached hydrogen (secondary N) is 2. The molecule has 160 valence electrons. The molecule has 3 rings (SSSR count). The number of rotatable bonds is 7. The molecule has 5 nitrogen and oxygen atoms in total. The summed E-state index contributed by atoms with van der Waals surface area (Å²) >= 11 is 1.94. The minimum Gasteiger partial charge on any atom is -0.386 e. The molecule has 2 aromatic carbocycles. The third-order valence-corrected chi connectivity index (χ3v) is 5.92. The number of anilines is 2. The SMILES string of the molecule is O=C=NCC(O)(Cc1ccc(F)c(F)c1Nc1ccc(I)cc1F)[C@@H]1CCCCN1. The van der Waals surface area contributed by atoms with Crippen molar-refractivity contribution in [2.75, 3.05) is 18.4 Å². The van der Waals surface area contributed by atoms with E-state index in [-0.39, 0.29) is 35.9 Å². The van der Waals surface area contributed by atoms with Crippen LogP contribution in [0.5, 0.6) is 0 Å². The molecule has 0 aromatic heterocycles. The highest BCUT2D eigenvalue weighted by Crippen LogP contribution is 2.33. The molecule has 2 atom stereocenters. The van der Waals surface area contributed by atoms with Crippen LogP contribution in [-0.4, -0.2) is 35.9 Å². The fourth-order valence-electron chi connectivity index (χ4n) is 3.70. The van der Waals surface area contributed by atoms with Crippen LogP contribution < -0.4 is 10.6 Å². The standard InChI is InChI=1S/C21H21F3IN3O2/c22-15-6-4-13(10-21(30,11-26-12-29)18-3-1-2-8-27-18)20(19(15)24)28-17-7-5-14(25)9-16(17)23/h4-7,9,18,27-28,30H,1-3,8,10-11H2/t18-,21?/m0/s1. The van der Waals surface area contributed by atoms with E-state index in [0.717, 1.165) is 18.9 Å². The van der Waals surface area contributed by atoms with Crippen molar-refractivity contribution in [3.63, 3.8) is 0 Å². The monoisotopic (exact) mass is 531 g/mol. The van der Waals surface area contributed by atoms with Gasteiger partial charge in [-0.3, -0.25) is 0 Å². The van der Waals surface area contributed by atoms with Gasteiger partial charge in [0.15, 0.2) is 11.6 Å². The normalized spacial score (nSPS) is 18.4. The van der Waals surface area contributed by atoms with Crippen molar-refractivity contribution in [2.24, 2.45) is 4.99 Å². The number of hydrogen-bond donors (Lipinski definition) is 3. The summed E-state index contributed by atoms with van der Waals surface area (Å²) in [4.78, 5) is 14.2. The maximum absolute atomic E-state index is 14.7. The van der Waals surface area contributed by atoms with Crippen molar-refractivity contribution < 1.29 is 23.1 Å². The van der Waals surface area contributed by atoms with Gasteiger partial charge in [-0.25, -0.2) is 23.0 Å². The topological polar surface area (TPSA) is 73.7 Å². The first-order valence-corrected chi connectivity index (χ1v) is 10.6. The van der Waals surface area contributed by atoms with Crippen molar-refractivity contribution in [1.82, 2.24) is 5.32 Å². The molecule has 0 spiro atoms. The molecule has 1 aliphatic heterocycles. The molecule has 0 amide bonds. The molecule has 0 aliphatic carbocycles. The lowest BCUT2D eigenvalue weighted by Crippen LogP contribution is -2.56. The Kier molecular flexibility index (Phi) is 7.51. The van der Waals surface area contributed by atoms with Gasteiger partial charge in [-0.1, -0.05) is 12.5 Å². The smallest absolute Gasteiger partial charge is 0.235 e. The summed E-state index contributed by atoms with van der Waals surface area (Å²) in [5, 5.41) is 17.1. The summed E-state index contributed by atoms with van der Waals surface area (Å²) in [6.07, 6.45) is 3.77. The van der Waals surface area contributed by atoms with Crippen LogP contribution >= 0.6 is 22.6 Å². The van der Waals surface area contributed by atoms with Crippen LogP contribution in [-0.2, 0) is 11.2 Å². The van der Waals surface area contributed by atoms with E-state index < -0.39 is 23.1 Å². The van der Waals surface area contributed by atoms with Crippen LogP contribution in [0.3, 0.4) is 0 Å². The summed E-state index contributed by atoms with van der Waals surface area (Å²) in [5.74, 6) is -2.90. The largest absolute Gasteiger partial charge is 0.386 e. The second kappa shape index (κ2) is 9.91. The number of piperidine rings is 1. The Morgan fingerprint density at radius 3 is 2.70 bits per heavy atom. The van der Waals surface area contributed by atoms with Crippen LogP contribution in [0.4, 0.5) is 24.5 Å². The van der Waals surface area contributed by atoms with E-state index in [4.69, 9.17) is 0 Å². The van der Waals surface area contributed by atoms with Crippen LogP contribution in [0.2, 0.25) is 0 Å². The van der Waals surface area contributed by atoms with Gasteiger partial charge in [-0.2, -0.15) is 0 Å². The maximum atomic E-state index is 14.7. The first-order chi connectivity index (χ1) is 14.3. The number of halogens is 4. The van der Waals surface area contributed by atoms with Crippen molar-refractivity contribution in [3.05, 3.63) is 56.9 Å². The lowest BCUT2D eigenvalue weighted by atomic mass is 9.82. The molecule has 0 bridgehead atoms. The number of hydrogen-bond acceptors (Lipinski definition) is 5. The van der Waals surface area contributed by atoms with Crippen LogP contribution in [0.1, 0.15) is 24.8 Å². The molecule has 0 radical (unpaired) electrons. The Bertz CT molecular complexity index is 963. The summed E-state index contributed by atoms with van der Waals surface area (Å²) in [5.41, 5.74) is -1.57. The van der Waals surface area contributed by atoms with Gasteiger partial charge >= 0.3 is 0 Å². The first-order valence-electron chi connectivity index (χ1n) is 9.52. The van der Waals surface area contributed by atoms with Crippen molar-refractivity contribution in [1.29, 1.82) is 0 Å². The van der Waals surface area contributed by atoms with Crippen LogP contribution in [0, 0.1) is 21.0 Å². The summed E-state index contributed by atoms with van der Waals surface area (Å²) in [6, 6.07) is 6.22. The zero-order valence-electron chi connectivity index (χ0n) is 16.0. The van der Waals surface area contributed by atoms with Gasteiger partial charge in [-0.15, -0.1) is 0 Å². The molecule has 30 heavy (non-hydrogen) atoms. The number of carbonyl (C=O) groups excluding carboxylic acids is 1. The molecule has 1 aliphatic rings. The predicted octanol–water partition coefficient (Wildman–Crippen LogP) is 4.20. The van der Waals surface area contributed by atoms with Gasteiger partial charge < -0.3 is 15.7 Å². The number of benzene rings is 2. The minimum atomic E-state index is -1.52. The highest BCUT2D eigenvalue weighted by Gasteiger charge is 2.38. The van der Waals surface area contributed by atoms with Crippen molar-refractivity contribution in [3.8, 4) is 0 Å². The third-order valence-electron chi connectivity index (χ3n) is 5.24. The fourth-order valence-corrected chi connectivity index (χ4v) is 4.15.